The van der Waals surface area contributed by atoms with E-state index >= 15 is 0 Å². The summed E-state index contributed by atoms with van der Waals surface area (Å²) in [5.74, 6) is 1.64. The van der Waals surface area contributed by atoms with Gasteiger partial charge in [0.25, 0.3) is 0 Å². The van der Waals surface area contributed by atoms with E-state index in [1.807, 2.05) is 13.1 Å². The smallest absolute Gasteiger partial charge is 0.130 e. The standard InChI is InChI=1S/C13H15N3O/c1-16-13(14)11(8-15-16)10-6-2-4-9-5-3-7-17-12(9)10/h2,4,6,8H,3,5,7,14H2,1H3. The number of ether oxygens (including phenoxy) is 1. The van der Waals surface area contributed by atoms with Crippen molar-refractivity contribution in [2.24, 2.45) is 7.05 Å². The van der Waals surface area contributed by atoms with Gasteiger partial charge in [0, 0.05) is 18.2 Å². The van der Waals surface area contributed by atoms with Crippen LogP contribution < -0.4 is 10.5 Å². The number of aryl methyl sites for hydroxylation is 2. The minimum absolute atomic E-state index is 0.674. The monoisotopic (exact) mass is 229 g/mol. The van der Waals surface area contributed by atoms with E-state index in [9.17, 15) is 0 Å². The molecule has 0 spiro atoms. The highest BCUT2D eigenvalue weighted by atomic mass is 16.5. The van der Waals surface area contributed by atoms with Crippen molar-refractivity contribution >= 4 is 5.82 Å². The third-order valence-electron chi connectivity index (χ3n) is 3.21. The molecule has 3 rings (SSSR count). The molecule has 2 N–H and O–H groups in total. The van der Waals surface area contributed by atoms with E-state index in [1.165, 1.54) is 5.56 Å². The highest BCUT2D eigenvalue weighted by molar-refractivity contribution is 5.79. The fourth-order valence-electron chi connectivity index (χ4n) is 2.26. The molecule has 1 aromatic carbocycles. The molecular weight excluding hydrogens is 214 g/mol. The van der Waals surface area contributed by atoms with Crippen LogP contribution in [0.3, 0.4) is 0 Å². The van der Waals surface area contributed by atoms with E-state index in [-0.39, 0.29) is 0 Å². The van der Waals surface area contributed by atoms with E-state index in [2.05, 4.69) is 17.2 Å². The average molecular weight is 229 g/mol. The Labute approximate surface area is 100 Å². The molecule has 1 aliphatic heterocycles. The van der Waals surface area contributed by atoms with Crippen molar-refractivity contribution in [1.82, 2.24) is 9.78 Å². The fraction of sp³-hybridized carbons (Fsp3) is 0.308. The zero-order valence-electron chi connectivity index (χ0n) is 9.81. The van der Waals surface area contributed by atoms with Crippen molar-refractivity contribution in [1.29, 1.82) is 0 Å². The second-order valence-electron chi connectivity index (χ2n) is 4.31. The van der Waals surface area contributed by atoms with Gasteiger partial charge in [0.15, 0.2) is 0 Å². The van der Waals surface area contributed by atoms with Crippen LogP contribution in [0.15, 0.2) is 24.4 Å². The van der Waals surface area contributed by atoms with Gasteiger partial charge in [-0.2, -0.15) is 5.10 Å². The quantitative estimate of drug-likeness (QED) is 0.813. The Morgan fingerprint density at radius 1 is 1.35 bits per heavy atom. The zero-order valence-corrected chi connectivity index (χ0v) is 9.81. The molecule has 2 aromatic rings. The number of fused-ring (bicyclic) bond motifs is 1. The summed E-state index contributed by atoms with van der Waals surface area (Å²) in [6.07, 6.45) is 3.95. The first-order valence-electron chi connectivity index (χ1n) is 5.80. The van der Waals surface area contributed by atoms with Crippen LogP contribution in [-0.4, -0.2) is 16.4 Å². The van der Waals surface area contributed by atoms with Gasteiger partial charge < -0.3 is 10.5 Å². The number of nitrogen functional groups attached to an aromatic ring is 1. The lowest BCUT2D eigenvalue weighted by Crippen LogP contribution is -2.09. The van der Waals surface area contributed by atoms with Crippen LogP contribution >= 0.6 is 0 Å². The maximum absolute atomic E-state index is 6.01. The van der Waals surface area contributed by atoms with Crippen LogP contribution in [0.1, 0.15) is 12.0 Å². The number of nitrogens with two attached hydrogens (primary N) is 1. The Morgan fingerprint density at radius 3 is 3.00 bits per heavy atom. The summed E-state index contributed by atoms with van der Waals surface area (Å²) >= 11 is 0. The van der Waals surface area contributed by atoms with Crippen molar-refractivity contribution in [3.63, 3.8) is 0 Å². The average Bonchev–Trinajstić information content (AvgIpc) is 2.69. The van der Waals surface area contributed by atoms with Crippen molar-refractivity contribution in [2.75, 3.05) is 12.3 Å². The Morgan fingerprint density at radius 2 is 2.24 bits per heavy atom. The van der Waals surface area contributed by atoms with Crippen LogP contribution in [0.2, 0.25) is 0 Å². The molecule has 4 nitrogen and oxygen atoms in total. The van der Waals surface area contributed by atoms with Crippen LogP contribution in [0.25, 0.3) is 11.1 Å². The number of benzene rings is 1. The number of nitrogens with zero attached hydrogens (tertiary/aromatic N) is 2. The lowest BCUT2D eigenvalue weighted by Gasteiger charge is -2.20. The number of aromatic nitrogens is 2. The Bertz CT molecular complexity index is 560. The zero-order chi connectivity index (χ0) is 11.8. The molecule has 0 atom stereocenters. The number of hydrogen-bond acceptors (Lipinski definition) is 3. The summed E-state index contributed by atoms with van der Waals surface area (Å²) in [7, 11) is 1.84. The number of rotatable bonds is 1. The molecule has 0 saturated carbocycles. The van der Waals surface area contributed by atoms with Gasteiger partial charge in [-0.3, -0.25) is 4.68 Å². The molecule has 0 radical (unpaired) electrons. The predicted molar refractivity (Wildman–Crippen MR) is 66.9 cm³/mol. The molecule has 0 saturated heterocycles. The van der Waals surface area contributed by atoms with Crippen LogP contribution in [-0.2, 0) is 13.5 Å². The van der Waals surface area contributed by atoms with E-state index in [0.717, 1.165) is 36.3 Å². The molecule has 0 aliphatic carbocycles. The third kappa shape index (κ3) is 1.56. The van der Waals surface area contributed by atoms with Crippen molar-refractivity contribution in [3.05, 3.63) is 30.0 Å². The molecule has 0 unspecified atom stereocenters. The lowest BCUT2D eigenvalue weighted by atomic mass is 9.99. The summed E-state index contributed by atoms with van der Waals surface area (Å²) in [5.41, 5.74) is 9.27. The van der Waals surface area contributed by atoms with E-state index < -0.39 is 0 Å². The third-order valence-corrected chi connectivity index (χ3v) is 3.21. The second-order valence-corrected chi connectivity index (χ2v) is 4.31. The molecule has 88 valence electrons. The summed E-state index contributed by atoms with van der Waals surface area (Å²) in [6, 6.07) is 6.21. The molecule has 1 aromatic heterocycles. The fourth-order valence-corrected chi connectivity index (χ4v) is 2.26. The second kappa shape index (κ2) is 3.80. The summed E-state index contributed by atoms with van der Waals surface area (Å²) in [5, 5.41) is 4.18. The number of anilines is 1. The van der Waals surface area contributed by atoms with Gasteiger partial charge in [-0.15, -0.1) is 0 Å². The first-order valence-corrected chi connectivity index (χ1v) is 5.80. The van der Waals surface area contributed by atoms with Gasteiger partial charge in [-0.25, -0.2) is 0 Å². The summed E-state index contributed by atoms with van der Waals surface area (Å²) < 4.78 is 7.46. The first kappa shape index (κ1) is 10.2. The van der Waals surface area contributed by atoms with E-state index in [1.54, 1.807) is 10.9 Å². The Balaban J connectivity index is 2.18. The van der Waals surface area contributed by atoms with Gasteiger partial charge in [0.05, 0.1) is 12.8 Å². The van der Waals surface area contributed by atoms with Crippen molar-refractivity contribution < 1.29 is 4.74 Å². The maximum atomic E-state index is 6.01. The molecule has 0 bridgehead atoms. The van der Waals surface area contributed by atoms with Crippen molar-refractivity contribution in [2.45, 2.75) is 12.8 Å². The molecular formula is C13H15N3O. The van der Waals surface area contributed by atoms with Crippen LogP contribution in [0.4, 0.5) is 5.82 Å². The van der Waals surface area contributed by atoms with Crippen LogP contribution in [0, 0.1) is 0 Å². The summed E-state index contributed by atoms with van der Waals surface area (Å²) in [6.45, 7) is 0.782. The van der Waals surface area contributed by atoms with Gasteiger partial charge >= 0.3 is 0 Å². The Kier molecular flexibility index (Phi) is 2.28. The Hall–Kier alpha value is -1.97. The summed E-state index contributed by atoms with van der Waals surface area (Å²) in [4.78, 5) is 0. The highest BCUT2D eigenvalue weighted by Gasteiger charge is 2.18. The minimum atomic E-state index is 0.674. The maximum Gasteiger partial charge on any atom is 0.130 e. The van der Waals surface area contributed by atoms with Crippen molar-refractivity contribution in [3.8, 4) is 16.9 Å². The minimum Gasteiger partial charge on any atom is -0.493 e. The number of hydrogen-bond donors (Lipinski definition) is 1. The number of para-hydroxylation sites is 1. The molecule has 17 heavy (non-hydrogen) atoms. The largest absolute Gasteiger partial charge is 0.493 e. The first-order chi connectivity index (χ1) is 8.27. The van der Waals surface area contributed by atoms with Gasteiger partial charge in [0.2, 0.25) is 0 Å². The highest BCUT2D eigenvalue weighted by Crippen LogP contribution is 2.38. The normalized spacial score (nSPS) is 14.2. The molecule has 1 aliphatic rings. The van der Waals surface area contributed by atoms with Gasteiger partial charge in [-0.05, 0) is 18.4 Å². The molecule has 2 heterocycles. The lowest BCUT2D eigenvalue weighted by molar-refractivity contribution is 0.289. The predicted octanol–water partition coefficient (Wildman–Crippen LogP) is 1.99. The topological polar surface area (TPSA) is 53.1 Å². The SMILES string of the molecule is Cn1ncc(-c2cccc3c2OCCC3)c1N. The van der Waals surface area contributed by atoms with E-state index in [4.69, 9.17) is 10.5 Å². The molecule has 0 amide bonds. The molecule has 0 fully saturated rings. The van der Waals surface area contributed by atoms with Gasteiger partial charge in [-0.1, -0.05) is 18.2 Å². The van der Waals surface area contributed by atoms with Crippen LogP contribution in [0.5, 0.6) is 5.75 Å². The molecule has 4 heteroatoms. The van der Waals surface area contributed by atoms with Gasteiger partial charge in [0.1, 0.15) is 11.6 Å². The van der Waals surface area contributed by atoms with E-state index in [0.29, 0.717) is 5.82 Å².